The van der Waals surface area contributed by atoms with Gasteiger partial charge >= 0.3 is 0 Å². The van der Waals surface area contributed by atoms with Crippen LogP contribution in [0.15, 0.2) is 78.1 Å². The van der Waals surface area contributed by atoms with Crippen LogP contribution in [0.2, 0.25) is 0 Å². The summed E-state index contributed by atoms with van der Waals surface area (Å²) in [7, 11) is 0. The molecule has 0 radical (unpaired) electrons. The molecule has 1 aromatic heterocycles. The third kappa shape index (κ3) is 6.00. The zero-order chi connectivity index (χ0) is 22.2. The monoisotopic (exact) mass is 424 g/mol. The normalized spacial score (nSPS) is 15.0. The molecule has 2 aromatic rings. The van der Waals surface area contributed by atoms with Crippen molar-refractivity contribution >= 4 is 11.4 Å². The second-order valence-electron chi connectivity index (χ2n) is 8.75. The molecule has 3 heteroatoms. The van der Waals surface area contributed by atoms with Gasteiger partial charge in [-0.25, -0.2) is 9.97 Å². The zero-order valence-corrected chi connectivity index (χ0v) is 19.0. The Kier molecular flexibility index (Phi) is 7.60. The molecule has 0 atom stereocenters. The fraction of sp³-hybridized carbons (Fsp3) is 0.345. The number of nitrogens with zero attached hydrogens (tertiary/aromatic N) is 2. The Balaban J connectivity index is 1.33. The fourth-order valence-corrected chi connectivity index (χ4v) is 4.32. The second-order valence-corrected chi connectivity index (χ2v) is 8.75. The summed E-state index contributed by atoms with van der Waals surface area (Å²) in [6.07, 6.45) is 20.9. The standard InChI is InChI=1S/C29H32N2O/c1-2-3-4-10-23-11-7-12-24(19-23)20-29-30-18-17-27(31-29)25-14-15-26(21-25)28(32)16-13-22-8-5-6-9-22/h5-8,11-12,14-15,17-19H,2-4,9-10,13,16,20-21H2,1H3. The summed E-state index contributed by atoms with van der Waals surface area (Å²) in [5.41, 5.74) is 6.91. The molecule has 1 heterocycles. The lowest BCUT2D eigenvalue weighted by Gasteiger charge is -2.08. The molecular weight excluding hydrogens is 392 g/mol. The van der Waals surface area contributed by atoms with Gasteiger partial charge in [0.05, 0.1) is 5.69 Å². The SMILES string of the molecule is CCCCCc1cccc(Cc2nccc(C3=CC=C(C(=O)CCC4=CC=CC4)C3)n2)c1. The Bertz CT molecular complexity index is 1090. The number of Topliss-reactive ketones (excluding diaryl/α,β-unsaturated/α-hetero) is 1. The van der Waals surface area contributed by atoms with E-state index in [4.69, 9.17) is 4.98 Å². The summed E-state index contributed by atoms with van der Waals surface area (Å²) in [6, 6.07) is 10.7. The van der Waals surface area contributed by atoms with Crippen LogP contribution in [0.5, 0.6) is 0 Å². The van der Waals surface area contributed by atoms with Crippen LogP contribution < -0.4 is 0 Å². The van der Waals surface area contributed by atoms with Gasteiger partial charge in [-0.1, -0.05) is 80.0 Å². The lowest BCUT2D eigenvalue weighted by Crippen LogP contribution is -2.03. The Hall–Kier alpha value is -3.07. The van der Waals surface area contributed by atoms with Gasteiger partial charge in [0, 0.05) is 25.5 Å². The Morgan fingerprint density at radius 3 is 2.78 bits per heavy atom. The van der Waals surface area contributed by atoms with Crippen LogP contribution in [0.4, 0.5) is 0 Å². The van der Waals surface area contributed by atoms with Crippen LogP contribution in [-0.4, -0.2) is 15.8 Å². The van der Waals surface area contributed by atoms with Crippen molar-refractivity contribution in [1.29, 1.82) is 0 Å². The summed E-state index contributed by atoms with van der Waals surface area (Å²) in [4.78, 5) is 22.0. The van der Waals surface area contributed by atoms with Crippen molar-refractivity contribution in [3.05, 3.63) is 101 Å². The molecule has 0 aliphatic heterocycles. The summed E-state index contributed by atoms with van der Waals surface area (Å²) in [6.45, 7) is 2.24. The molecule has 0 saturated carbocycles. The van der Waals surface area contributed by atoms with Crippen LogP contribution >= 0.6 is 0 Å². The highest BCUT2D eigenvalue weighted by Crippen LogP contribution is 2.29. The van der Waals surface area contributed by atoms with Gasteiger partial charge in [0.2, 0.25) is 0 Å². The number of aromatic nitrogens is 2. The Morgan fingerprint density at radius 1 is 1.03 bits per heavy atom. The average molecular weight is 425 g/mol. The highest BCUT2D eigenvalue weighted by molar-refractivity contribution is 5.99. The van der Waals surface area contributed by atoms with Crippen LogP contribution in [0, 0.1) is 0 Å². The van der Waals surface area contributed by atoms with E-state index in [1.165, 1.54) is 36.0 Å². The molecule has 32 heavy (non-hydrogen) atoms. The average Bonchev–Trinajstić information content (AvgIpc) is 3.51. The van der Waals surface area contributed by atoms with E-state index in [-0.39, 0.29) is 5.78 Å². The van der Waals surface area contributed by atoms with Crippen molar-refractivity contribution < 1.29 is 4.79 Å². The number of allylic oxidation sites excluding steroid dienone is 8. The summed E-state index contributed by atoms with van der Waals surface area (Å²) >= 11 is 0. The quantitative estimate of drug-likeness (QED) is 0.375. The van der Waals surface area contributed by atoms with Crippen molar-refractivity contribution in [1.82, 2.24) is 9.97 Å². The maximum atomic E-state index is 12.6. The first-order chi connectivity index (χ1) is 15.7. The molecular formula is C29H32N2O. The van der Waals surface area contributed by atoms with Crippen molar-refractivity contribution in [2.45, 2.75) is 64.7 Å². The van der Waals surface area contributed by atoms with E-state index in [9.17, 15) is 4.79 Å². The van der Waals surface area contributed by atoms with Crippen molar-refractivity contribution in [2.75, 3.05) is 0 Å². The number of benzene rings is 1. The number of hydrogen-bond donors (Lipinski definition) is 0. The van der Waals surface area contributed by atoms with Gasteiger partial charge in [-0.15, -0.1) is 0 Å². The van der Waals surface area contributed by atoms with Crippen LogP contribution in [0.3, 0.4) is 0 Å². The van der Waals surface area contributed by atoms with E-state index in [2.05, 4.69) is 54.4 Å². The van der Waals surface area contributed by atoms with Crippen molar-refractivity contribution in [3.63, 3.8) is 0 Å². The number of ketones is 1. The van der Waals surface area contributed by atoms with Crippen molar-refractivity contribution in [3.8, 4) is 0 Å². The fourth-order valence-electron chi connectivity index (χ4n) is 4.32. The predicted molar refractivity (Wildman–Crippen MR) is 131 cm³/mol. The minimum absolute atomic E-state index is 0.248. The first-order valence-electron chi connectivity index (χ1n) is 11.9. The molecule has 2 aliphatic rings. The molecule has 0 N–H and O–H groups in total. The van der Waals surface area contributed by atoms with E-state index in [1.807, 2.05) is 24.4 Å². The first-order valence-corrected chi connectivity index (χ1v) is 11.9. The molecule has 0 saturated heterocycles. The third-order valence-corrected chi connectivity index (χ3v) is 6.20. The van der Waals surface area contributed by atoms with E-state index in [0.717, 1.165) is 48.3 Å². The van der Waals surface area contributed by atoms with Crippen LogP contribution in [-0.2, 0) is 17.6 Å². The van der Waals surface area contributed by atoms with E-state index in [1.54, 1.807) is 0 Å². The maximum absolute atomic E-state index is 12.6. The van der Waals surface area contributed by atoms with Crippen LogP contribution in [0.1, 0.15) is 74.5 Å². The van der Waals surface area contributed by atoms with Crippen molar-refractivity contribution in [2.24, 2.45) is 0 Å². The Labute approximate surface area is 191 Å². The Morgan fingerprint density at radius 2 is 1.94 bits per heavy atom. The van der Waals surface area contributed by atoms with Gasteiger partial charge < -0.3 is 0 Å². The highest BCUT2D eigenvalue weighted by atomic mass is 16.1. The van der Waals surface area contributed by atoms with Gasteiger partial charge in [-0.2, -0.15) is 0 Å². The van der Waals surface area contributed by atoms with Crippen LogP contribution in [0.25, 0.3) is 5.57 Å². The van der Waals surface area contributed by atoms with Gasteiger partial charge in [-0.3, -0.25) is 4.79 Å². The molecule has 1 aromatic carbocycles. The van der Waals surface area contributed by atoms with Gasteiger partial charge in [0.15, 0.2) is 5.78 Å². The van der Waals surface area contributed by atoms with Gasteiger partial charge in [0.1, 0.15) is 5.82 Å². The number of carbonyl (C=O) groups excluding carboxylic acids is 1. The second kappa shape index (κ2) is 11.0. The summed E-state index contributed by atoms with van der Waals surface area (Å²) in [5.74, 6) is 1.08. The number of rotatable bonds is 11. The molecule has 0 amide bonds. The molecule has 0 unspecified atom stereocenters. The lowest BCUT2D eigenvalue weighted by molar-refractivity contribution is -0.115. The van der Waals surface area contributed by atoms with E-state index >= 15 is 0 Å². The maximum Gasteiger partial charge on any atom is 0.159 e. The molecule has 3 nitrogen and oxygen atoms in total. The first kappa shape index (κ1) is 22.1. The molecule has 2 aliphatic carbocycles. The number of unbranched alkanes of at least 4 members (excludes halogenated alkanes) is 2. The topological polar surface area (TPSA) is 42.9 Å². The van der Waals surface area contributed by atoms with E-state index < -0.39 is 0 Å². The highest BCUT2D eigenvalue weighted by Gasteiger charge is 2.18. The van der Waals surface area contributed by atoms with Gasteiger partial charge in [-0.05, 0) is 54.0 Å². The third-order valence-electron chi connectivity index (χ3n) is 6.20. The molecule has 0 spiro atoms. The molecule has 0 fully saturated rings. The summed E-state index contributed by atoms with van der Waals surface area (Å²) < 4.78 is 0. The largest absolute Gasteiger partial charge is 0.295 e. The van der Waals surface area contributed by atoms with Gasteiger partial charge in [0.25, 0.3) is 0 Å². The minimum Gasteiger partial charge on any atom is -0.295 e. The molecule has 4 rings (SSSR count). The predicted octanol–water partition coefficient (Wildman–Crippen LogP) is 6.75. The number of aryl methyl sites for hydroxylation is 1. The molecule has 164 valence electrons. The minimum atomic E-state index is 0.248. The van der Waals surface area contributed by atoms with E-state index in [0.29, 0.717) is 12.8 Å². The zero-order valence-electron chi connectivity index (χ0n) is 19.0. The smallest absolute Gasteiger partial charge is 0.159 e. The lowest BCUT2D eigenvalue weighted by atomic mass is 9.99. The molecule has 0 bridgehead atoms. The number of carbonyl (C=O) groups is 1. The summed E-state index contributed by atoms with van der Waals surface area (Å²) in [5, 5.41) is 0. The number of hydrogen-bond acceptors (Lipinski definition) is 3.